The van der Waals surface area contributed by atoms with Gasteiger partial charge in [0.15, 0.2) is 11.5 Å². The van der Waals surface area contributed by atoms with E-state index >= 15 is 0 Å². The van der Waals surface area contributed by atoms with Gasteiger partial charge < -0.3 is 14.8 Å². The van der Waals surface area contributed by atoms with Crippen molar-refractivity contribution < 1.29 is 14.3 Å². The maximum absolute atomic E-state index is 12.6. The van der Waals surface area contributed by atoms with Crippen molar-refractivity contribution in [2.24, 2.45) is 0 Å². The van der Waals surface area contributed by atoms with Crippen molar-refractivity contribution in [1.82, 2.24) is 0 Å². The molecule has 0 aliphatic carbocycles. The summed E-state index contributed by atoms with van der Waals surface area (Å²) in [6.07, 6.45) is 1.51. The number of anilines is 1. The summed E-state index contributed by atoms with van der Waals surface area (Å²) in [6.45, 7) is 0.356. The number of amides is 1. The Morgan fingerprint density at radius 3 is 2.53 bits per heavy atom. The van der Waals surface area contributed by atoms with Gasteiger partial charge in [0, 0.05) is 5.69 Å². The van der Waals surface area contributed by atoms with Crippen LogP contribution in [0.4, 0.5) is 5.69 Å². The minimum Gasteiger partial charge on any atom is -0.493 e. The second kappa shape index (κ2) is 10.7. The topological polar surface area (TPSA) is 71.3 Å². The molecule has 5 nitrogen and oxygen atoms in total. The number of hydrogen-bond acceptors (Lipinski definition) is 4. The second-order valence-corrected chi connectivity index (χ2v) is 8.31. The fraction of sp³-hybridized carbons (Fsp3) is 0.0714. The molecular weight excluding hydrogens is 492 g/mol. The predicted molar refractivity (Wildman–Crippen MR) is 138 cm³/mol. The zero-order valence-electron chi connectivity index (χ0n) is 18.4. The van der Waals surface area contributed by atoms with Crippen LogP contribution in [0.25, 0.3) is 16.8 Å². The van der Waals surface area contributed by atoms with Crippen LogP contribution in [0.15, 0.2) is 95.0 Å². The number of halogens is 1. The Balaban J connectivity index is 1.57. The minimum absolute atomic E-state index is 0.0257. The van der Waals surface area contributed by atoms with Crippen molar-refractivity contribution in [2.45, 2.75) is 6.61 Å². The summed E-state index contributed by atoms with van der Waals surface area (Å²) >= 11 is 3.55. The first kappa shape index (κ1) is 23.1. The Kier molecular flexibility index (Phi) is 7.26. The highest BCUT2D eigenvalue weighted by Gasteiger charge is 2.15. The Morgan fingerprint density at radius 2 is 1.76 bits per heavy atom. The highest BCUT2D eigenvalue weighted by atomic mass is 79.9. The Bertz CT molecular complexity index is 1400. The number of nitriles is 1. The van der Waals surface area contributed by atoms with Crippen LogP contribution in [0.5, 0.6) is 11.5 Å². The summed E-state index contributed by atoms with van der Waals surface area (Å²) in [4.78, 5) is 12.6. The minimum atomic E-state index is -0.486. The number of nitrogens with one attached hydrogen (secondary N) is 1. The summed E-state index contributed by atoms with van der Waals surface area (Å²) in [7, 11) is 1.55. The van der Waals surface area contributed by atoms with Crippen LogP contribution in [0.2, 0.25) is 0 Å². The lowest BCUT2D eigenvalue weighted by molar-refractivity contribution is -0.112. The van der Waals surface area contributed by atoms with Gasteiger partial charge in [-0.25, -0.2) is 0 Å². The molecule has 0 saturated heterocycles. The van der Waals surface area contributed by atoms with Gasteiger partial charge in [0.05, 0.1) is 11.6 Å². The maximum atomic E-state index is 12.6. The van der Waals surface area contributed by atoms with Crippen LogP contribution in [0.3, 0.4) is 0 Å². The van der Waals surface area contributed by atoms with E-state index in [1.165, 1.54) is 6.08 Å². The third-order valence-electron chi connectivity index (χ3n) is 5.21. The Labute approximate surface area is 206 Å². The molecule has 0 aromatic heterocycles. The molecule has 0 unspecified atom stereocenters. The van der Waals surface area contributed by atoms with Gasteiger partial charge in [0.1, 0.15) is 18.2 Å². The summed E-state index contributed by atoms with van der Waals surface area (Å²) in [5.74, 6) is 0.543. The molecule has 6 heteroatoms. The van der Waals surface area contributed by atoms with E-state index in [0.717, 1.165) is 16.3 Å². The average molecular weight is 513 g/mol. The van der Waals surface area contributed by atoms with E-state index in [4.69, 9.17) is 9.47 Å². The monoisotopic (exact) mass is 512 g/mol. The quantitative estimate of drug-likeness (QED) is 0.220. The lowest BCUT2D eigenvalue weighted by Gasteiger charge is -2.15. The first-order valence-corrected chi connectivity index (χ1v) is 11.3. The van der Waals surface area contributed by atoms with Gasteiger partial charge in [-0.15, -0.1) is 0 Å². The van der Waals surface area contributed by atoms with Crippen LogP contribution >= 0.6 is 15.9 Å². The number of hydrogen-bond donors (Lipinski definition) is 1. The van der Waals surface area contributed by atoms with E-state index in [9.17, 15) is 10.1 Å². The lowest BCUT2D eigenvalue weighted by atomic mass is 10.1. The normalized spacial score (nSPS) is 11.0. The lowest BCUT2D eigenvalue weighted by Crippen LogP contribution is -2.13. The van der Waals surface area contributed by atoms with Crippen LogP contribution in [0, 0.1) is 11.3 Å². The molecule has 34 heavy (non-hydrogen) atoms. The van der Waals surface area contributed by atoms with Crippen molar-refractivity contribution in [2.75, 3.05) is 12.4 Å². The Morgan fingerprint density at radius 1 is 1.03 bits per heavy atom. The molecule has 4 aromatic carbocycles. The van der Waals surface area contributed by atoms with Crippen molar-refractivity contribution in [3.05, 3.63) is 106 Å². The van der Waals surface area contributed by atoms with Crippen LogP contribution in [0.1, 0.15) is 11.1 Å². The van der Waals surface area contributed by atoms with Crippen molar-refractivity contribution in [3.8, 4) is 17.6 Å². The third-order valence-corrected chi connectivity index (χ3v) is 5.80. The Hall–Kier alpha value is -4.08. The van der Waals surface area contributed by atoms with Crippen LogP contribution in [-0.4, -0.2) is 13.0 Å². The van der Waals surface area contributed by atoms with Gasteiger partial charge >= 0.3 is 0 Å². The molecule has 0 fully saturated rings. The summed E-state index contributed by atoms with van der Waals surface area (Å²) in [5.41, 5.74) is 2.27. The third kappa shape index (κ3) is 5.28. The first-order valence-electron chi connectivity index (χ1n) is 10.5. The molecule has 1 amide bonds. The summed E-state index contributed by atoms with van der Waals surface area (Å²) in [5, 5.41) is 14.5. The molecule has 0 bridgehead atoms. The molecule has 0 radical (unpaired) electrons. The molecule has 0 saturated carbocycles. The van der Waals surface area contributed by atoms with Crippen LogP contribution in [-0.2, 0) is 11.4 Å². The van der Waals surface area contributed by atoms with E-state index in [0.29, 0.717) is 33.8 Å². The first-order chi connectivity index (χ1) is 16.6. The second-order valence-electron chi connectivity index (χ2n) is 7.45. The number of nitrogens with zero attached hydrogens (tertiary/aromatic N) is 1. The number of rotatable bonds is 7. The smallest absolute Gasteiger partial charge is 0.266 e. The number of ether oxygens (including phenoxy) is 2. The highest BCUT2D eigenvalue weighted by molar-refractivity contribution is 9.10. The van der Waals surface area contributed by atoms with Crippen LogP contribution < -0.4 is 14.8 Å². The zero-order chi connectivity index (χ0) is 23.9. The zero-order valence-corrected chi connectivity index (χ0v) is 20.0. The number of carbonyl (C=O) groups is 1. The SMILES string of the molecule is COc1cc(/C=C(\C#N)C(=O)Nc2ccccc2)cc(Br)c1OCc1cccc2ccccc12. The number of benzene rings is 4. The van der Waals surface area contributed by atoms with Gasteiger partial charge in [-0.05, 0) is 68.2 Å². The largest absolute Gasteiger partial charge is 0.493 e. The molecule has 4 aromatic rings. The van der Waals surface area contributed by atoms with Crippen molar-refractivity contribution in [3.63, 3.8) is 0 Å². The molecule has 168 valence electrons. The van der Waals surface area contributed by atoms with E-state index < -0.39 is 5.91 Å². The molecular formula is C28H21BrN2O3. The molecule has 1 N–H and O–H groups in total. The average Bonchev–Trinajstić information content (AvgIpc) is 2.86. The summed E-state index contributed by atoms with van der Waals surface area (Å²) in [6, 6.07) is 28.7. The van der Waals surface area contributed by atoms with Gasteiger partial charge in [-0.1, -0.05) is 60.7 Å². The molecule has 0 atom stereocenters. The molecule has 0 aliphatic heterocycles. The van der Waals surface area contributed by atoms with Crippen molar-refractivity contribution >= 4 is 44.4 Å². The van der Waals surface area contributed by atoms with Gasteiger partial charge in [0.2, 0.25) is 0 Å². The summed E-state index contributed by atoms with van der Waals surface area (Å²) < 4.78 is 12.3. The number of carbonyl (C=O) groups excluding carboxylic acids is 1. The van der Waals surface area contributed by atoms with Gasteiger partial charge in [-0.3, -0.25) is 4.79 Å². The highest BCUT2D eigenvalue weighted by Crippen LogP contribution is 2.38. The molecule has 0 aliphatic rings. The van der Waals surface area contributed by atoms with Crippen molar-refractivity contribution in [1.29, 1.82) is 5.26 Å². The van der Waals surface area contributed by atoms with Gasteiger partial charge in [0.25, 0.3) is 5.91 Å². The van der Waals surface area contributed by atoms with E-state index in [-0.39, 0.29) is 5.57 Å². The fourth-order valence-corrected chi connectivity index (χ4v) is 4.14. The molecule has 4 rings (SSSR count). The van der Waals surface area contributed by atoms with E-state index in [1.54, 1.807) is 31.4 Å². The number of fused-ring (bicyclic) bond motifs is 1. The molecule has 0 heterocycles. The van der Waals surface area contributed by atoms with E-state index in [2.05, 4.69) is 39.4 Å². The molecule has 0 spiro atoms. The van der Waals surface area contributed by atoms with Gasteiger partial charge in [-0.2, -0.15) is 5.26 Å². The number of methoxy groups -OCH3 is 1. The fourth-order valence-electron chi connectivity index (χ4n) is 3.57. The van der Waals surface area contributed by atoms with E-state index in [1.807, 2.05) is 48.5 Å². The maximum Gasteiger partial charge on any atom is 0.266 e. The predicted octanol–water partition coefficient (Wildman–Crippen LogP) is 6.74. The number of para-hydroxylation sites is 1. The standard InChI is InChI=1S/C28H21BrN2O3/c1-33-26-16-19(14-22(17-30)28(32)31-23-11-3-2-4-12-23)15-25(29)27(26)34-18-21-10-7-9-20-8-5-6-13-24(20)21/h2-16H,18H2,1H3,(H,31,32)/b22-14+.